The number of ether oxygens (including phenoxy) is 1. The van der Waals surface area contributed by atoms with Crippen LogP contribution in [0.5, 0.6) is 0 Å². The normalized spacial score (nSPS) is 17.8. The first-order chi connectivity index (χ1) is 12.5. The lowest BCUT2D eigenvalue weighted by Gasteiger charge is -2.27. The van der Waals surface area contributed by atoms with E-state index in [2.05, 4.69) is 10.6 Å². The predicted octanol–water partition coefficient (Wildman–Crippen LogP) is 1.24. The van der Waals surface area contributed by atoms with Crippen molar-refractivity contribution in [2.75, 3.05) is 6.54 Å². The fourth-order valence-corrected chi connectivity index (χ4v) is 2.87. The number of alkyl carbamates (subject to hydrolysis) is 1. The molecule has 0 aliphatic heterocycles. The van der Waals surface area contributed by atoms with Gasteiger partial charge in [-0.05, 0) is 24.3 Å². The number of amides is 2. The highest BCUT2D eigenvalue weighted by atomic mass is 16.5. The first-order valence-electron chi connectivity index (χ1n) is 8.44. The largest absolute Gasteiger partial charge is 0.480 e. The van der Waals surface area contributed by atoms with E-state index in [-0.39, 0.29) is 18.8 Å². The van der Waals surface area contributed by atoms with E-state index in [4.69, 9.17) is 4.74 Å². The Hall–Kier alpha value is -2.90. The molecule has 3 N–H and O–H groups in total. The van der Waals surface area contributed by atoms with Crippen molar-refractivity contribution in [3.05, 3.63) is 35.9 Å². The van der Waals surface area contributed by atoms with Crippen LogP contribution in [0.25, 0.3) is 0 Å². The monoisotopic (exact) mass is 362 g/mol. The molecule has 0 spiro atoms. The van der Waals surface area contributed by atoms with Crippen molar-refractivity contribution >= 4 is 23.8 Å². The molecule has 1 aromatic carbocycles. The van der Waals surface area contributed by atoms with Crippen molar-refractivity contribution in [2.45, 2.75) is 38.3 Å². The van der Waals surface area contributed by atoms with Gasteiger partial charge in [0.25, 0.3) is 0 Å². The van der Waals surface area contributed by atoms with E-state index < -0.39 is 36.5 Å². The zero-order valence-electron chi connectivity index (χ0n) is 14.3. The van der Waals surface area contributed by atoms with Crippen LogP contribution in [-0.4, -0.2) is 41.4 Å². The van der Waals surface area contributed by atoms with Gasteiger partial charge in [0.2, 0.25) is 5.91 Å². The molecule has 0 bridgehead atoms. The Morgan fingerprint density at radius 2 is 1.96 bits per heavy atom. The molecule has 1 aromatic rings. The van der Waals surface area contributed by atoms with Crippen LogP contribution < -0.4 is 10.6 Å². The number of rotatable bonds is 7. The molecule has 1 aliphatic rings. The molecule has 0 unspecified atom stereocenters. The molecule has 8 heteroatoms. The van der Waals surface area contributed by atoms with Crippen LogP contribution >= 0.6 is 0 Å². The summed E-state index contributed by atoms with van der Waals surface area (Å²) in [5.41, 5.74) is 0.806. The Morgan fingerprint density at radius 3 is 2.62 bits per heavy atom. The van der Waals surface area contributed by atoms with Gasteiger partial charge in [0, 0.05) is 12.8 Å². The third kappa shape index (κ3) is 6.19. The number of ketones is 1. The number of hydrogen-bond donors (Lipinski definition) is 3. The average Bonchev–Trinajstić information content (AvgIpc) is 2.63. The summed E-state index contributed by atoms with van der Waals surface area (Å²) in [5.74, 6) is -2.26. The standard InChI is InChI=1S/C18H22N2O6/c21-14-8-4-7-13(9-14)16(17(23)24)20-15(22)10-19-18(25)26-11-12-5-2-1-3-6-12/h1-3,5-6,13,16H,4,7-11H2,(H,19,25)(H,20,22)(H,23,24)/t13-,16-/m1/s1. The van der Waals surface area contributed by atoms with E-state index >= 15 is 0 Å². The minimum Gasteiger partial charge on any atom is -0.480 e. The summed E-state index contributed by atoms with van der Waals surface area (Å²) in [6.45, 7) is -0.339. The number of nitrogens with one attached hydrogen (secondary N) is 2. The van der Waals surface area contributed by atoms with Crippen LogP contribution in [0, 0.1) is 5.92 Å². The van der Waals surface area contributed by atoms with Gasteiger partial charge in [-0.25, -0.2) is 9.59 Å². The quantitative estimate of drug-likeness (QED) is 0.671. The molecule has 0 saturated heterocycles. The second kappa shape index (κ2) is 9.55. The van der Waals surface area contributed by atoms with Crippen LogP contribution in [0.1, 0.15) is 31.2 Å². The lowest BCUT2D eigenvalue weighted by Crippen LogP contribution is -2.50. The summed E-state index contributed by atoms with van der Waals surface area (Å²) in [7, 11) is 0. The van der Waals surface area contributed by atoms with Crippen LogP contribution in [0.4, 0.5) is 4.79 Å². The molecule has 1 saturated carbocycles. The fourth-order valence-electron chi connectivity index (χ4n) is 2.87. The molecule has 1 fully saturated rings. The summed E-state index contributed by atoms with van der Waals surface area (Å²) in [6, 6.07) is 7.91. The highest BCUT2D eigenvalue weighted by molar-refractivity contribution is 5.87. The van der Waals surface area contributed by atoms with E-state index in [1.807, 2.05) is 18.2 Å². The van der Waals surface area contributed by atoms with E-state index in [1.165, 1.54) is 0 Å². The highest BCUT2D eigenvalue weighted by Gasteiger charge is 2.33. The molecule has 0 radical (unpaired) electrons. The molecular formula is C18H22N2O6. The van der Waals surface area contributed by atoms with Gasteiger partial charge in [0.15, 0.2) is 0 Å². The Labute approximate surface area is 150 Å². The van der Waals surface area contributed by atoms with Gasteiger partial charge in [-0.2, -0.15) is 0 Å². The van der Waals surface area contributed by atoms with Crippen LogP contribution in [0.2, 0.25) is 0 Å². The first-order valence-corrected chi connectivity index (χ1v) is 8.44. The first kappa shape index (κ1) is 19.4. The Kier molecular flexibility index (Phi) is 7.13. The Bertz CT molecular complexity index is 661. The molecule has 2 atom stereocenters. The number of benzene rings is 1. The second-order valence-corrected chi connectivity index (χ2v) is 6.19. The SMILES string of the molecule is O=C1CCC[C@@H]([C@@H](NC(=O)CNC(=O)OCc2ccccc2)C(=O)O)C1. The van der Waals surface area contributed by atoms with Crippen molar-refractivity contribution in [1.82, 2.24) is 10.6 Å². The number of carboxylic acid groups (broad SMARTS) is 1. The number of hydrogen-bond acceptors (Lipinski definition) is 5. The number of aliphatic carboxylic acids is 1. The van der Waals surface area contributed by atoms with E-state index in [9.17, 15) is 24.3 Å². The van der Waals surface area contributed by atoms with Crippen molar-refractivity contribution in [2.24, 2.45) is 5.92 Å². The summed E-state index contributed by atoms with van der Waals surface area (Å²) in [4.78, 5) is 46.5. The van der Waals surface area contributed by atoms with Gasteiger partial charge in [-0.3, -0.25) is 9.59 Å². The number of carboxylic acids is 1. The lowest BCUT2D eigenvalue weighted by atomic mass is 9.83. The summed E-state index contributed by atoms with van der Waals surface area (Å²) in [5, 5.41) is 14.0. The third-order valence-electron chi connectivity index (χ3n) is 4.18. The predicted molar refractivity (Wildman–Crippen MR) is 91.2 cm³/mol. The van der Waals surface area contributed by atoms with Crippen LogP contribution in [0.3, 0.4) is 0 Å². The van der Waals surface area contributed by atoms with Crippen LogP contribution in [-0.2, 0) is 25.7 Å². The highest BCUT2D eigenvalue weighted by Crippen LogP contribution is 2.24. The minimum atomic E-state index is -1.19. The average molecular weight is 362 g/mol. The van der Waals surface area contributed by atoms with Gasteiger partial charge in [-0.1, -0.05) is 30.3 Å². The molecule has 1 aliphatic carbocycles. The lowest BCUT2D eigenvalue weighted by molar-refractivity contribution is -0.144. The van der Waals surface area contributed by atoms with Gasteiger partial charge in [0.05, 0.1) is 0 Å². The topological polar surface area (TPSA) is 122 Å². The van der Waals surface area contributed by atoms with E-state index in [0.29, 0.717) is 19.3 Å². The summed E-state index contributed by atoms with van der Waals surface area (Å²) >= 11 is 0. The molecule has 2 rings (SSSR count). The molecule has 140 valence electrons. The molecule has 0 aromatic heterocycles. The van der Waals surface area contributed by atoms with Gasteiger partial charge >= 0.3 is 12.1 Å². The third-order valence-corrected chi connectivity index (χ3v) is 4.18. The molecule has 8 nitrogen and oxygen atoms in total. The second-order valence-electron chi connectivity index (χ2n) is 6.19. The number of carbonyl (C=O) groups excluding carboxylic acids is 3. The molecule has 26 heavy (non-hydrogen) atoms. The number of Topliss-reactive ketones (excluding diaryl/α,β-unsaturated/α-hetero) is 1. The zero-order valence-corrected chi connectivity index (χ0v) is 14.3. The van der Waals surface area contributed by atoms with Gasteiger partial charge in [0.1, 0.15) is 25.0 Å². The van der Waals surface area contributed by atoms with Crippen molar-refractivity contribution in [3.8, 4) is 0 Å². The Balaban J connectivity index is 1.76. The van der Waals surface area contributed by atoms with Crippen molar-refractivity contribution < 1.29 is 29.0 Å². The zero-order chi connectivity index (χ0) is 18.9. The van der Waals surface area contributed by atoms with Gasteiger partial charge < -0.3 is 20.5 Å². The van der Waals surface area contributed by atoms with Crippen molar-refractivity contribution in [1.29, 1.82) is 0 Å². The maximum atomic E-state index is 11.9. The van der Waals surface area contributed by atoms with Gasteiger partial charge in [-0.15, -0.1) is 0 Å². The molecule has 0 heterocycles. The minimum absolute atomic E-state index is 0.00404. The molecular weight excluding hydrogens is 340 g/mol. The van der Waals surface area contributed by atoms with Crippen LogP contribution in [0.15, 0.2) is 30.3 Å². The van der Waals surface area contributed by atoms with E-state index in [0.717, 1.165) is 5.56 Å². The molecule has 2 amide bonds. The number of carbonyl (C=O) groups is 4. The Morgan fingerprint density at radius 1 is 1.23 bits per heavy atom. The summed E-state index contributed by atoms with van der Waals surface area (Å²) < 4.78 is 4.97. The smallest absolute Gasteiger partial charge is 0.407 e. The fraction of sp³-hybridized carbons (Fsp3) is 0.444. The van der Waals surface area contributed by atoms with Crippen molar-refractivity contribution in [3.63, 3.8) is 0 Å². The maximum absolute atomic E-state index is 11.9. The van der Waals surface area contributed by atoms with E-state index in [1.54, 1.807) is 12.1 Å². The summed E-state index contributed by atoms with van der Waals surface area (Å²) in [6.07, 6.45) is 1.00. The maximum Gasteiger partial charge on any atom is 0.407 e.